The molecular weight excluding hydrogens is 367 g/mol. The van der Waals surface area contributed by atoms with Crippen molar-refractivity contribution >= 4 is 29.9 Å². The first-order valence-electron chi connectivity index (χ1n) is 6.16. The third kappa shape index (κ3) is 4.80. The van der Waals surface area contributed by atoms with E-state index in [0.717, 1.165) is 17.0 Å². The van der Waals surface area contributed by atoms with Crippen LogP contribution in [0, 0.1) is 0 Å². The van der Waals surface area contributed by atoms with Crippen LogP contribution in [0.2, 0.25) is 0 Å². The predicted octanol–water partition coefficient (Wildman–Crippen LogP) is 1.90. The number of benzene rings is 1. The van der Waals surface area contributed by atoms with Crippen LogP contribution in [0.1, 0.15) is 19.4 Å². The van der Waals surface area contributed by atoms with Gasteiger partial charge in [-0.25, -0.2) is 9.98 Å². The second-order valence-electron chi connectivity index (χ2n) is 4.53. The average molecular weight is 386 g/mol. The molecular formula is C13H19IN6. The first kappa shape index (κ1) is 16.4. The molecule has 4 N–H and O–H groups in total. The second kappa shape index (κ2) is 7.83. The number of aromatic amines is 1. The van der Waals surface area contributed by atoms with Crippen molar-refractivity contribution < 1.29 is 0 Å². The van der Waals surface area contributed by atoms with Gasteiger partial charge in [0.25, 0.3) is 0 Å². The number of halogens is 1. The van der Waals surface area contributed by atoms with Crippen molar-refractivity contribution in [2.24, 2.45) is 10.7 Å². The first-order chi connectivity index (χ1) is 9.15. The van der Waals surface area contributed by atoms with E-state index in [1.807, 2.05) is 38.1 Å². The molecule has 0 bridgehead atoms. The molecule has 6 nitrogen and oxygen atoms in total. The average Bonchev–Trinajstić information content (AvgIpc) is 2.90. The quantitative estimate of drug-likeness (QED) is 0.425. The van der Waals surface area contributed by atoms with E-state index in [0.29, 0.717) is 12.5 Å². The Morgan fingerprint density at radius 3 is 2.90 bits per heavy atom. The van der Waals surface area contributed by atoms with Crippen LogP contribution < -0.4 is 11.1 Å². The van der Waals surface area contributed by atoms with Crippen molar-refractivity contribution in [3.8, 4) is 11.4 Å². The number of nitrogens with one attached hydrogen (secondary N) is 2. The maximum atomic E-state index is 5.77. The van der Waals surface area contributed by atoms with E-state index in [-0.39, 0.29) is 30.0 Å². The van der Waals surface area contributed by atoms with E-state index < -0.39 is 0 Å². The molecule has 0 fully saturated rings. The van der Waals surface area contributed by atoms with Crippen LogP contribution >= 0.6 is 24.0 Å². The molecule has 0 spiro atoms. The molecule has 2 aromatic rings. The number of aromatic nitrogens is 3. The van der Waals surface area contributed by atoms with Crippen LogP contribution in [0.5, 0.6) is 0 Å². The maximum absolute atomic E-state index is 5.77. The summed E-state index contributed by atoms with van der Waals surface area (Å²) < 4.78 is 0. The van der Waals surface area contributed by atoms with Gasteiger partial charge in [-0.3, -0.25) is 5.10 Å². The van der Waals surface area contributed by atoms with Gasteiger partial charge >= 0.3 is 0 Å². The monoisotopic (exact) mass is 386 g/mol. The number of nitrogens with two attached hydrogens (primary N) is 1. The lowest BCUT2D eigenvalue weighted by Crippen LogP contribution is -2.36. The van der Waals surface area contributed by atoms with Crippen molar-refractivity contribution in [1.82, 2.24) is 20.5 Å². The van der Waals surface area contributed by atoms with Crippen LogP contribution in [-0.2, 0) is 6.54 Å². The van der Waals surface area contributed by atoms with Gasteiger partial charge in [0.1, 0.15) is 6.33 Å². The second-order valence-corrected chi connectivity index (χ2v) is 4.53. The summed E-state index contributed by atoms with van der Waals surface area (Å²) in [7, 11) is 0. The standard InChI is InChI=1S/C13H18N6.HI/c1-9(2)18-13(14)15-7-10-4-3-5-11(6-10)12-16-8-17-19-12;/h3-6,8-9H,7H2,1-2H3,(H3,14,15,18)(H,16,17,19);1H. The largest absolute Gasteiger partial charge is 0.370 e. The zero-order valence-electron chi connectivity index (χ0n) is 11.5. The Hall–Kier alpha value is -1.64. The van der Waals surface area contributed by atoms with Gasteiger partial charge in [0, 0.05) is 11.6 Å². The highest BCUT2D eigenvalue weighted by Gasteiger charge is 2.01. The van der Waals surface area contributed by atoms with Crippen LogP contribution in [0.3, 0.4) is 0 Å². The van der Waals surface area contributed by atoms with Gasteiger partial charge in [-0.15, -0.1) is 24.0 Å². The van der Waals surface area contributed by atoms with Crippen LogP contribution in [0.4, 0.5) is 0 Å². The third-order valence-electron chi connectivity index (χ3n) is 2.48. The fourth-order valence-corrected chi connectivity index (χ4v) is 1.68. The van der Waals surface area contributed by atoms with Crippen LogP contribution in [0.15, 0.2) is 35.6 Å². The highest BCUT2D eigenvalue weighted by Crippen LogP contribution is 2.15. The molecule has 0 saturated heterocycles. The molecule has 2 rings (SSSR count). The zero-order valence-corrected chi connectivity index (χ0v) is 13.8. The Labute approximate surface area is 135 Å². The summed E-state index contributed by atoms with van der Waals surface area (Å²) in [5, 5.41) is 9.73. The van der Waals surface area contributed by atoms with Gasteiger partial charge in [-0.05, 0) is 25.5 Å². The molecule has 0 atom stereocenters. The highest BCUT2D eigenvalue weighted by atomic mass is 127. The van der Waals surface area contributed by atoms with Crippen molar-refractivity contribution in [2.45, 2.75) is 26.4 Å². The number of hydrogen-bond acceptors (Lipinski definition) is 3. The van der Waals surface area contributed by atoms with Crippen molar-refractivity contribution in [2.75, 3.05) is 0 Å². The fourth-order valence-electron chi connectivity index (χ4n) is 1.68. The molecule has 1 heterocycles. The van der Waals surface area contributed by atoms with Crippen molar-refractivity contribution in [3.05, 3.63) is 36.2 Å². The molecule has 0 saturated carbocycles. The molecule has 0 unspecified atom stereocenters. The van der Waals surface area contributed by atoms with E-state index in [9.17, 15) is 0 Å². The highest BCUT2D eigenvalue weighted by molar-refractivity contribution is 14.0. The Kier molecular flexibility index (Phi) is 6.43. The summed E-state index contributed by atoms with van der Waals surface area (Å²) in [6, 6.07) is 8.25. The smallest absolute Gasteiger partial charge is 0.189 e. The number of aliphatic imine (C=N–C) groups is 1. The van der Waals surface area contributed by atoms with Crippen LogP contribution in [0.25, 0.3) is 11.4 Å². The molecule has 0 aliphatic rings. The number of hydrogen-bond donors (Lipinski definition) is 3. The van der Waals surface area contributed by atoms with E-state index in [1.54, 1.807) is 0 Å². The minimum absolute atomic E-state index is 0. The Balaban J connectivity index is 0.00000200. The summed E-state index contributed by atoms with van der Waals surface area (Å²) in [6.45, 7) is 4.58. The minimum Gasteiger partial charge on any atom is -0.370 e. The molecule has 1 aromatic heterocycles. The van der Waals surface area contributed by atoms with Crippen molar-refractivity contribution in [1.29, 1.82) is 0 Å². The molecule has 108 valence electrons. The lowest BCUT2D eigenvalue weighted by atomic mass is 10.1. The Morgan fingerprint density at radius 1 is 1.45 bits per heavy atom. The number of H-pyrrole nitrogens is 1. The minimum atomic E-state index is 0. The Bertz CT molecular complexity index is 550. The lowest BCUT2D eigenvalue weighted by Gasteiger charge is -2.08. The lowest BCUT2D eigenvalue weighted by molar-refractivity contribution is 0.723. The summed E-state index contributed by atoms with van der Waals surface area (Å²) in [5.74, 6) is 1.21. The predicted molar refractivity (Wildman–Crippen MR) is 90.8 cm³/mol. The molecule has 7 heteroatoms. The zero-order chi connectivity index (χ0) is 13.7. The van der Waals surface area contributed by atoms with E-state index >= 15 is 0 Å². The number of rotatable bonds is 4. The topological polar surface area (TPSA) is 92.0 Å². The Morgan fingerprint density at radius 2 is 2.25 bits per heavy atom. The summed E-state index contributed by atoms with van der Waals surface area (Å²) in [4.78, 5) is 8.42. The molecule has 0 amide bonds. The summed E-state index contributed by atoms with van der Waals surface area (Å²) in [6.07, 6.45) is 1.49. The maximum Gasteiger partial charge on any atom is 0.189 e. The summed E-state index contributed by atoms with van der Waals surface area (Å²) >= 11 is 0. The van der Waals surface area contributed by atoms with Gasteiger partial charge in [0.05, 0.1) is 6.54 Å². The molecule has 0 radical (unpaired) electrons. The van der Waals surface area contributed by atoms with E-state index in [4.69, 9.17) is 5.73 Å². The van der Waals surface area contributed by atoms with Gasteiger partial charge in [0.2, 0.25) is 0 Å². The van der Waals surface area contributed by atoms with Gasteiger partial charge < -0.3 is 11.1 Å². The van der Waals surface area contributed by atoms with E-state index in [2.05, 4.69) is 25.5 Å². The fraction of sp³-hybridized carbons (Fsp3) is 0.308. The SMILES string of the molecule is CC(C)NC(N)=NCc1cccc(-c2ncn[nH]2)c1.I. The molecule has 20 heavy (non-hydrogen) atoms. The molecule has 0 aliphatic heterocycles. The van der Waals surface area contributed by atoms with Crippen LogP contribution in [-0.4, -0.2) is 27.2 Å². The summed E-state index contributed by atoms with van der Waals surface area (Å²) in [5.41, 5.74) is 7.82. The number of nitrogens with zero attached hydrogens (tertiary/aromatic N) is 3. The van der Waals surface area contributed by atoms with Gasteiger partial charge in [-0.1, -0.05) is 18.2 Å². The van der Waals surface area contributed by atoms with E-state index in [1.165, 1.54) is 6.33 Å². The molecule has 1 aromatic carbocycles. The normalized spacial score (nSPS) is 11.2. The third-order valence-corrected chi connectivity index (χ3v) is 2.48. The van der Waals surface area contributed by atoms with Gasteiger partial charge in [-0.2, -0.15) is 5.10 Å². The van der Waals surface area contributed by atoms with Crippen molar-refractivity contribution in [3.63, 3.8) is 0 Å². The molecule has 0 aliphatic carbocycles. The number of guanidine groups is 1. The van der Waals surface area contributed by atoms with Gasteiger partial charge in [0.15, 0.2) is 11.8 Å². The first-order valence-corrected chi connectivity index (χ1v) is 6.16.